The average Bonchev–Trinajstić information content (AvgIpc) is 3.29. The zero-order chi connectivity index (χ0) is 20.6. The lowest BCUT2D eigenvalue weighted by atomic mass is 10.2. The Labute approximate surface area is 173 Å². The van der Waals surface area contributed by atoms with E-state index in [9.17, 15) is 4.79 Å². The monoisotopic (exact) mass is 415 g/mol. The van der Waals surface area contributed by atoms with E-state index in [-0.39, 0.29) is 6.09 Å². The highest BCUT2D eigenvalue weighted by Crippen LogP contribution is 2.29. The number of H-pyrrole nitrogens is 1. The molecule has 0 aromatic carbocycles. The molecular formula is C19H25N7O2S. The van der Waals surface area contributed by atoms with Crippen LogP contribution in [-0.2, 0) is 4.74 Å². The Kier molecular flexibility index (Phi) is 5.03. The zero-order valence-electron chi connectivity index (χ0n) is 17.0. The normalized spacial score (nSPS) is 15.0. The Balaban J connectivity index is 1.51. The largest absolute Gasteiger partial charge is 0.444 e. The van der Waals surface area contributed by atoms with Gasteiger partial charge in [0.2, 0.25) is 5.95 Å². The van der Waals surface area contributed by atoms with Crippen LogP contribution in [-0.4, -0.2) is 62.9 Å². The van der Waals surface area contributed by atoms with Gasteiger partial charge in [-0.05, 0) is 39.1 Å². The van der Waals surface area contributed by atoms with E-state index in [0.29, 0.717) is 32.1 Å². The van der Waals surface area contributed by atoms with Crippen molar-refractivity contribution in [2.24, 2.45) is 0 Å². The van der Waals surface area contributed by atoms with Gasteiger partial charge in [0, 0.05) is 37.9 Å². The molecule has 0 spiro atoms. The lowest BCUT2D eigenvalue weighted by Gasteiger charge is -2.35. The second-order valence-corrected chi connectivity index (χ2v) is 8.92. The first-order chi connectivity index (χ1) is 13.8. The highest BCUT2D eigenvalue weighted by molar-refractivity contribution is 7.16. The number of fused-ring (bicyclic) bond motifs is 1. The molecule has 0 saturated carbocycles. The van der Waals surface area contributed by atoms with Gasteiger partial charge in [0.1, 0.15) is 16.2 Å². The average molecular weight is 416 g/mol. The Morgan fingerprint density at radius 3 is 2.66 bits per heavy atom. The number of ether oxygens (including phenoxy) is 1. The lowest BCUT2D eigenvalue weighted by molar-refractivity contribution is 0.0240. The van der Waals surface area contributed by atoms with Crippen molar-refractivity contribution in [2.45, 2.75) is 33.3 Å². The molecule has 0 atom stereocenters. The van der Waals surface area contributed by atoms with Crippen LogP contribution in [0.2, 0.25) is 0 Å². The van der Waals surface area contributed by atoms with Crippen molar-refractivity contribution in [2.75, 3.05) is 36.4 Å². The summed E-state index contributed by atoms with van der Waals surface area (Å²) >= 11 is 1.58. The number of carbonyl (C=O) groups excluding carboxylic acids is 1. The number of nitrogens with one attached hydrogen (secondary N) is 2. The number of rotatable bonds is 3. The number of anilines is 3. The summed E-state index contributed by atoms with van der Waals surface area (Å²) in [4.78, 5) is 26.5. The van der Waals surface area contributed by atoms with Crippen molar-refractivity contribution in [3.63, 3.8) is 0 Å². The highest BCUT2D eigenvalue weighted by atomic mass is 32.1. The number of hydrogen-bond acceptors (Lipinski definition) is 8. The summed E-state index contributed by atoms with van der Waals surface area (Å²) in [6.45, 7) is 10.0. The van der Waals surface area contributed by atoms with Gasteiger partial charge in [0.15, 0.2) is 5.82 Å². The highest BCUT2D eigenvalue weighted by Gasteiger charge is 2.27. The quantitative estimate of drug-likeness (QED) is 0.675. The summed E-state index contributed by atoms with van der Waals surface area (Å²) in [5.41, 5.74) is 0.480. The first-order valence-electron chi connectivity index (χ1n) is 9.56. The summed E-state index contributed by atoms with van der Waals surface area (Å²) in [5.74, 6) is 2.10. The fourth-order valence-corrected chi connectivity index (χ4v) is 3.86. The molecule has 0 bridgehead atoms. The number of piperazine rings is 1. The van der Waals surface area contributed by atoms with Crippen molar-refractivity contribution in [1.29, 1.82) is 0 Å². The number of amides is 1. The van der Waals surface area contributed by atoms with Crippen molar-refractivity contribution < 1.29 is 9.53 Å². The maximum atomic E-state index is 12.3. The molecular weight excluding hydrogens is 390 g/mol. The van der Waals surface area contributed by atoms with E-state index < -0.39 is 5.60 Å². The SMILES string of the molecule is Cc1cc(Nc2nc(N3CCN(C(=O)OC(C)(C)C)CC3)nc3sccc23)n[nH]1. The fraction of sp³-hybridized carbons (Fsp3) is 0.474. The maximum Gasteiger partial charge on any atom is 0.410 e. The number of aromatic amines is 1. The molecule has 1 amide bonds. The van der Waals surface area contributed by atoms with Gasteiger partial charge in [-0.15, -0.1) is 11.3 Å². The van der Waals surface area contributed by atoms with Crippen LogP contribution >= 0.6 is 11.3 Å². The van der Waals surface area contributed by atoms with E-state index in [1.807, 2.05) is 45.2 Å². The van der Waals surface area contributed by atoms with Crippen LogP contribution in [0.1, 0.15) is 26.5 Å². The van der Waals surface area contributed by atoms with Gasteiger partial charge < -0.3 is 19.9 Å². The molecule has 4 heterocycles. The van der Waals surface area contributed by atoms with E-state index in [1.165, 1.54) is 0 Å². The minimum Gasteiger partial charge on any atom is -0.444 e. The first kappa shape index (κ1) is 19.4. The van der Waals surface area contributed by atoms with Gasteiger partial charge in [0.25, 0.3) is 0 Å². The van der Waals surface area contributed by atoms with Gasteiger partial charge in [-0.1, -0.05) is 0 Å². The number of nitrogens with zero attached hydrogens (tertiary/aromatic N) is 5. The molecule has 9 nitrogen and oxygen atoms in total. The molecule has 0 unspecified atom stereocenters. The van der Waals surface area contributed by atoms with E-state index >= 15 is 0 Å². The van der Waals surface area contributed by atoms with Gasteiger partial charge in [-0.3, -0.25) is 5.10 Å². The Morgan fingerprint density at radius 2 is 2.00 bits per heavy atom. The number of hydrogen-bond donors (Lipinski definition) is 2. The van der Waals surface area contributed by atoms with Gasteiger partial charge in [0.05, 0.1) is 5.39 Å². The lowest BCUT2D eigenvalue weighted by Crippen LogP contribution is -2.50. The van der Waals surface area contributed by atoms with Crippen LogP contribution in [0.3, 0.4) is 0 Å². The second-order valence-electron chi connectivity index (χ2n) is 8.03. The van der Waals surface area contributed by atoms with E-state index in [2.05, 4.69) is 20.4 Å². The fourth-order valence-electron chi connectivity index (χ4n) is 3.10. The maximum absolute atomic E-state index is 12.3. The molecule has 10 heteroatoms. The molecule has 1 aliphatic rings. The Bertz CT molecular complexity index is 1020. The summed E-state index contributed by atoms with van der Waals surface area (Å²) in [7, 11) is 0. The number of thiophene rings is 1. The second kappa shape index (κ2) is 7.51. The third-order valence-corrected chi connectivity index (χ3v) is 5.29. The molecule has 1 fully saturated rings. The number of aryl methyl sites for hydroxylation is 1. The smallest absolute Gasteiger partial charge is 0.410 e. The third kappa shape index (κ3) is 4.42. The minimum atomic E-state index is -0.493. The van der Waals surface area contributed by atoms with Crippen molar-refractivity contribution in [3.05, 3.63) is 23.2 Å². The molecule has 0 aliphatic carbocycles. The van der Waals surface area contributed by atoms with Crippen molar-refractivity contribution in [3.8, 4) is 0 Å². The van der Waals surface area contributed by atoms with Gasteiger partial charge in [-0.2, -0.15) is 10.1 Å². The molecule has 3 aromatic heterocycles. The topological polar surface area (TPSA) is 99.3 Å². The molecule has 0 radical (unpaired) electrons. The Hall–Kier alpha value is -2.88. The van der Waals surface area contributed by atoms with Crippen LogP contribution in [0.5, 0.6) is 0 Å². The van der Waals surface area contributed by atoms with E-state index in [4.69, 9.17) is 14.7 Å². The van der Waals surface area contributed by atoms with Crippen molar-refractivity contribution >= 4 is 45.2 Å². The summed E-state index contributed by atoms with van der Waals surface area (Å²) in [6.07, 6.45) is -0.275. The predicted octanol–water partition coefficient (Wildman–Crippen LogP) is 3.52. The van der Waals surface area contributed by atoms with Crippen LogP contribution in [0.4, 0.5) is 22.4 Å². The summed E-state index contributed by atoms with van der Waals surface area (Å²) in [6, 6.07) is 3.94. The van der Waals surface area contributed by atoms with E-state index in [0.717, 1.165) is 27.5 Å². The van der Waals surface area contributed by atoms with E-state index in [1.54, 1.807) is 16.2 Å². The van der Waals surface area contributed by atoms with Gasteiger partial charge >= 0.3 is 6.09 Å². The molecule has 1 aliphatic heterocycles. The van der Waals surface area contributed by atoms with Crippen LogP contribution in [0, 0.1) is 6.92 Å². The molecule has 3 aromatic rings. The van der Waals surface area contributed by atoms with Crippen molar-refractivity contribution in [1.82, 2.24) is 25.1 Å². The standard InChI is InChI=1S/C19H25N7O2S/c1-12-11-14(24-23-12)20-15-13-5-10-29-16(13)22-17(21-15)25-6-8-26(9-7-25)18(27)28-19(2,3)4/h5,10-11H,6-9H2,1-4H3,(H2,20,21,22,23,24). The summed E-state index contributed by atoms with van der Waals surface area (Å²) in [5, 5.41) is 13.4. The first-order valence-corrected chi connectivity index (χ1v) is 10.4. The minimum absolute atomic E-state index is 0.275. The number of aromatic nitrogens is 4. The van der Waals surface area contributed by atoms with Crippen LogP contribution in [0.15, 0.2) is 17.5 Å². The predicted molar refractivity (Wildman–Crippen MR) is 114 cm³/mol. The zero-order valence-corrected chi connectivity index (χ0v) is 17.8. The Morgan fingerprint density at radius 1 is 1.24 bits per heavy atom. The summed E-state index contributed by atoms with van der Waals surface area (Å²) < 4.78 is 5.47. The van der Waals surface area contributed by atoms with Crippen LogP contribution in [0.25, 0.3) is 10.2 Å². The molecule has 1 saturated heterocycles. The van der Waals surface area contributed by atoms with Crippen LogP contribution < -0.4 is 10.2 Å². The molecule has 4 rings (SSSR count). The molecule has 2 N–H and O–H groups in total. The third-order valence-electron chi connectivity index (χ3n) is 4.48. The molecule has 29 heavy (non-hydrogen) atoms. The molecule has 154 valence electrons. The van der Waals surface area contributed by atoms with Gasteiger partial charge in [-0.25, -0.2) is 9.78 Å². The number of carbonyl (C=O) groups is 1.